The van der Waals surface area contributed by atoms with Crippen LogP contribution in [0.5, 0.6) is 17.2 Å². The molecule has 0 radical (unpaired) electrons. The zero-order valence-corrected chi connectivity index (χ0v) is 16.9. The molecule has 2 aromatic rings. The van der Waals surface area contributed by atoms with E-state index < -0.39 is 0 Å². The monoisotopic (exact) mass is 396 g/mol. The van der Waals surface area contributed by atoms with Crippen LogP contribution in [0.15, 0.2) is 48.5 Å². The normalized spacial score (nSPS) is 17.7. The lowest BCUT2D eigenvalue weighted by Gasteiger charge is -2.28. The molecule has 2 aromatic carbocycles. The Morgan fingerprint density at radius 2 is 2.17 bits per heavy atom. The number of carbonyl (C=O) groups is 1. The number of aromatic hydroxyl groups is 1. The van der Waals surface area contributed by atoms with E-state index in [0.717, 1.165) is 25.3 Å². The van der Waals surface area contributed by atoms with Gasteiger partial charge in [0.15, 0.2) is 11.5 Å². The molecule has 29 heavy (non-hydrogen) atoms. The third-order valence-corrected chi connectivity index (χ3v) is 5.05. The third kappa shape index (κ3) is 5.99. The van der Waals surface area contributed by atoms with Gasteiger partial charge in [-0.1, -0.05) is 12.1 Å². The van der Waals surface area contributed by atoms with Crippen LogP contribution >= 0.6 is 0 Å². The lowest BCUT2D eigenvalue weighted by Crippen LogP contribution is -2.37. The number of phenols is 1. The Morgan fingerprint density at radius 1 is 1.31 bits per heavy atom. The van der Waals surface area contributed by atoms with Crippen LogP contribution in [-0.2, 0) is 4.79 Å². The van der Waals surface area contributed by atoms with Crippen molar-refractivity contribution in [1.82, 2.24) is 5.32 Å². The van der Waals surface area contributed by atoms with E-state index in [4.69, 9.17) is 9.47 Å². The van der Waals surface area contributed by atoms with Gasteiger partial charge in [-0.2, -0.15) is 0 Å². The number of hydrogen-bond acceptors (Lipinski definition) is 5. The van der Waals surface area contributed by atoms with Gasteiger partial charge >= 0.3 is 0 Å². The van der Waals surface area contributed by atoms with Crippen molar-refractivity contribution in [3.05, 3.63) is 54.1 Å². The van der Waals surface area contributed by atoms with Gasteiger partial charge in [0.25, 0.3) is 0 Å². The Labute approximate surface area is 171 Å². The lowest BCUT2D eigenvalue weighted by atomic mass is 9.95. The first-order valence-corrected chi connectivity index (χ1v) is 9.88. The molecule has 1 fully saturated rings. The molecule has 0 aromatic heterocycles. The third-order valence-electron chi connectivity index (χ3n) is 5.05. The number of methoxy groups -OCH3 is 1. The molecule has 6 heteroatoms. The van der Waals surface area contributed by atoms with Crippen LogP contribution in [0, 0.1) is 5.92 Å². The number of piperidine rings is 1. The first-order valence-electron chi connectivity index (χ1n) is 9.88. The van der Waals surface area contributed by atoms with E-state index >= 15 is 0 Å². The molecule has 154 valence electrons. The van der Waals surface area contributed by atoms with Crippen LogP contribution in [0.25, 0.3) is 6.08 Å². The van der Waals surface area contributed by atoms with Gasteiger partial charge in [0.1, 0.15) is 5.75 Å². The minimum Gasteiger partial charge on any atom is -0.504 e. The van der Waals surface area contributed by atoms with Crippen LogP contribution in [-0.4, -0.2) is 37.3 Å². The molecule has 0 saturated carbocycles. The van der Waals surface area contributed by atoms with Crippen molar-refractivity contribution in [2.24, 2.45) is 5.92 Å². The fraction of sp³-hybridized carbons (Fsp3) is 0.348. The maximum atomic E-state index is 12.2. The predicted octanol–water partition coefficient (Wildman–Crippen LogP) is 3.82. The topological polar surface area (TPSA) is 79.8 Å². The van der Waals surface area contributed by atoms with Gasteiger partial charge in [-0.25, -0.2) is 0 Å². The molecule has 3 N–H and O–H groups in total. The first-order chi connectivity index (χ1) is 14.0. The van der Waals surface area contributed by atoms with E-state index in [1.54, 1.807) is 24.3 Å². The van der Waals surface area contributed by atoms with E-state index in [1.807, 2.05) is 24.3 Å². The van der Waals surface area contributed by atoms with Crippen molar-refractivity contribution in [3.8, 4) is 17.2 Å². The van der Waals surface area contributed by atoms with Gasteiger partial charge in [-0.15, -0.1) is 0 Å². The van der Waals surface area contributed by atoms with Gasteiger partial charge in [0.2, 0.25) is 5.91 Å². The quantitative estimate of drug-likeness (QED) is 0.620. The molecule has 1 aliphatic rings. The van der Waals surface area contributed by atoms with E-state index in [9.17, 15) is 9.90 Å². The van der Waals surface area contributed by atoms with E-state index in [2.05, 4.69) is 17.6 Å². The van der Waals surface area contributed by atoms with Crippen molar-refractivity contribution >= 4 is 17.7 Å². The van der Waals surface area contributed by atoms with E-state index in [0.29, 0.717) is 22.9 Å². The minimum atomic E-state index is -0.262. The Hall–Kier alpha value is -2.99. The maximum Gasteiger partial charge on any atom is 0.248 e. The molecule has 1 aliphatic heterocycles. The van der Waals surface area contributed by atoms with Gasteiger partial charge in [0.05, 0.1) is 13.2 Å². The van der Waals surface area contributed by atoms with Crippen molar-refractivity contribution in [3.63, 3.8) is 0 Å². The van der Waals surface area contributed by atoms with Gasteiger partial charge in [-0.3, -0.25) is 4.79 Å². The molecule has 6 nitrogen and oxygen atoms in total. The zero-order chi connectivity index (χ0) is 20.6. The second-order valence-corrected chi connectivity index (χ2v) is 7.21. The second kappa shape index (κ2) is 9.98. The number of benzene rings is 2. The highest BCUT2D eigenvalue weighted by Crippen LogP contribution is 2.27. The summed E-state index contributed by atoms with van der Waals surface area (Å²) in [6.45, 7) is 4.15. The molecule has 1 saturated heterocycles. The molecule has 0 aliphatic carbocycles. The van der Waals surface area contributed by atoms with Gasteiger partial charge in [0, 0.05) is 30.3 Å². The van der Waals surface area contributed by atoms with Gasteiger partial charge < -0.3 is 25.2 Å². The summed E-state index contributed by atoms with van der Waals surface area (Å²) in [6.07, 6.45) is 5.50. The molecule has 2 atom stereocenters. The van der Waals surface area contributed by atoms with E-state index in [1.165, 1.54) is 19.6 Å². The molecule has 2 unspecified atom stereocenters. The summed E-state index contributed by atoms with van der Waals surface area (Å²) in [5.41, 5.74) is 1.37. The standard InChI is InChI=1S/C23H28N2O4/c1-16(18-5-4-12-24-15-18)29-20-7-3-6-19(14-20)25-23(27)11-9-17-8-10-22(28-2)21(26)13-17/h3,6-11,13-14,16,18,24,26H,4-5,12,15H2,1-2H3,(H,25,27)/b11-9+. The number of phenolic OH excluding ortho intramolecular Hbond substituents is 1. The first kappa shape index (κ1) is 20.7. The van der Waals surface area contributed by atoms with Crippen molar-refractivity contribution in [2.75, 3.05) is 25.5 Å². The summed E-state index contributed by atoms with van der Waals surface area (Å²) in [6, 6.07) is 12.4. The lowest BCUT2D eigenvalue weighted by molar-refractivity contribution is -0.111. The minimum absolute atomic E-state index is 0.0298. The molecule has 3 rings (SSSR count). The molecule has 1 amide bonds. The number of amides is 1. The Kier molecular flexibility index (Phi) is 7.14. The van der Waals surface area contributed by atoms with Gasteiger partial charge in [-0.05, 0) is 62.2 Å². The predicted molar refractivity (Wildman–Crippen MR) is 114 cm³/mol. The molecule has 0 bridgehead atoms. The average molecular weight is 396 g/mol. The molecular formula is C23H28N2O4. The number of carbonyl (C=O) groups excluding carboxylic acids is 1. The van der Waals surface area contributed by atoms with Crippen molar-refractivity contribution in [2.45, 2.75) is 25.9 Å². The Bertz CT molecular complexity index is 860. The van der Waals surface area contributed by atoms with Crippen molar-refractivity contribution in [1.29, 1.82) is 0 Å². The Balaban J connectivity index is 1.57. The van der Waals surface area contributed by atoms with Crippen LogP contribution in [0.3, 0.4) is 0 Å². The molecular weight excluding hydrogens is 368 g/mol. The van der Waals surface area contributed by atoms with E-state index in [-0.39, 0.29) is 17.8 Å². The molecule has 0 spiro atoms. The summed E-state index contributed by atoms with van der Waals surface area (Å²) >= 11 is 0. The van der Waals surface area contributed by atoms with Crippen LogP contribution in [0.4, 0.5) is 5.69 Å². The fourth-order valence-electron chi connectivity index (χ4n) is 3.40. The summed E-state index contributed by atoms with van der Waals surface area (Å²) in [7, 11) is 1.49. The largest absolute Gasteiger partial charge is 0.504 e. The number of ether oxygens (including phenoxy) is 2. The maximum absolute atomic E-state index is 12.2. The summed E-state index contributed by atoms with van der Waals surface area (Å²) in [4.78, 5) is 12.2. The summed E-state index contributed by atoms with van der Waals surface area (Å²) < 4.78 is 11.1. The van der Waals surface area contributed by atoms with Crippen LogP contribution < -0.4 is 20.1 Å². The number of hydrogen-bond donors (Lipinski definition) is 3. The SMILES string of the molecule is COc1ccc(/C=C/C(=O)Nc2cccc(OC(C)C3CCCNC3)c2)cc1O. The van der Waals surface area contributed by atoms with Crippen LogP contribution in [0.2, 0.25) is 0 Å². The highest BCUT2D eigenvalue weighted by Gasteiger charge is 2.21. The zero-order valence-electron chi connectivity index (χ0n) is 16.9. The number of anilines is 1. The number of rotatable bonds is 7. The molecule has 1 heterocycles. The van der Waals surface area contributed by atoms with Crippen molar-refractivity contribution < 1.29 is 19.4 Å². The summed E-state index contributed by atoms with van der Waals surface area (Å²) in [5, 5.41) is 16.1. The second-order valence-electron chi connectivity index (χ2n) is 7.21. The highest BCUT2D eigenvalue weighted by molar-refractivity contribution is 6.02. The average Bonchev–Trinajstić information content (AvgIpc) is 2.73. The highest BCUT2D eigenvalue weighted by atomic mass is 16.5. The smallest absolute Gasteiger partial charge is 0.248 e. The fourth-order valence-corrected chi connectivity index (χ4v) is 3.40. The Morgan fingerprint density at radius 3 is 2.90 bits per heavy atom. The van der Waals surface area contributed by atoms with Crippen LogP contribution in [0.1, 0.15) is 25.3 Å². The number of nitrogens with one attached hydrogen (secondary N) is 2. The summed E-state index contributed by atoms with van der Waals surface area (Å²) in [5.74, 6) is 1.39.